The van der Waals surface area contributed by atoms with Gasteiger partial charge in [0, 0.05) is 11.8 Å². The van der Waals surface area contributed by atoms with Crippen LogP contribution < -0.4 is 9.47 Å². The average molecular weight is 428 g/mol. The van der Waals surface area contributed by atoms with Gasteiger partial charge in [-0.15, -0.1) is 0 Å². The number of aryl methyl sites for hydroxylation is 1. The number of aliphatic hydroxyl groups excluding tert-OH is 1. The van der Waals surface area contributed by atoms with Gasteiger partial charge in [-0.1, -0.05) is 43.9 Å². The summed E-state index contributed by atoms with van der Waals surface area (Å²) < 4.78 is 11.1. The van der Waals surface area contributed by atoms with Gasteiger partial charge in [0.15, 0.2) is 0 Å². The monoisotopic (exact) mass is 427 g/mol. The van der Waals surface area contributed by atoms with Crippen molar-refractivity contribution in [1.82, 2.24) is 4.98 Å². The van der Waals surface area contributed by atoms with Gasteiger partial charge in [0.2, 0.25) is 0 Å². The van der Waals surface area contributed by atoms with E-state index >= 15 is 0 Å². The molecule has 0 aliphatic heterocycles. The second-order valence-corrected chi connectivity index (χ2v) is 7.41. The molecule has 2 aromatic rings. The Hall–Kier alpha value is -2.86. The Labute approximate surface area is 184 Å². The minimum Gasteiger partial charge on any atom is -0.497 e. The highest BCUT2D eigenvalue weighted by Crippen LogP contribution is 2.24. The molecule has 0 aliphatic rings. The first-order valence-electron chi connectivity index (χ1n) is 10.9. The molecule has 1 heterocycles. The number of nitrogens with zero attached hydrogens (tertiary/aromatic N) is 1. The Bertz CT molecular complexity index is 817. The summed E-state index contributed by atoms with van der Waals surface area (Å²) in [5.74, 6) is 0.527. The number of hydrogen-bond acceptors (Lipinski definition) is 5. The van der Waals surface area contributed by atoms with Crippen LogP contribution >= 0.6 is 0 Å². The molecule has 0 fully saturated rings. The van der Waals surface area contributed by atoms with Gasteiger partial charge in [-0.2, -0.15) is 0 Å². The van der Waals surface area contributed by atoms with Crippen LogP contribution in [0.3, 0.4) is 0 Å². The number of unbranched alkanes of at least 4 members (excludes halogenated alkanes) is 5. The molecule has 0 aliphatic carbocycles. The van der Waals surface area contributed by atoms with Crippen molar-refractivity contribution in [2.75, 3.05) is 13.7 Å². The summed E-state index contributed by atoms with van der Waals surface area (Å²) >= 11 is 0. The molecule has 2 N–H and O–H groups in total. The van der Waals surface area contributed by atoms with E-state index in [0.717, 1.165) is 31.4 Å². The summed E-state index contributed by atoms with van der Waals surface area (Å²) in [6.07, 6.45) is 12.5. The van der Waals surface area contributed by atoms with E-state index in [-0.39, 0.29) is 13.0 Å². The lowest BCUT2D eigenvalue weighted by molar-refractivity contribution is -0.135. The van der Waals surface area contributed by atoms with Gasteiger partial charge in [0.05, 0.1) is 26.7 Å². The van der Waals surface area contributed by atoms with E-state index in [9.17, 15) is 9.90 Å². The summed E-state index contributed by atoms with van der Waals surface area (Å²) in [6.45, 7) is 0.399. The molecule has 0 bridgehead atoms. The van der Waals surface area contributed by atoms with Crippen molar-refractivity contribution in [2.45, 2.75) is 58.0 Å². The van der Waals surface area contributed by atoms with E-state index in [2.05, 4.69) is 17.1 Å². The van der Waals surface area contributed by atoms with Crippen LogP contribution in [0.25, 0.3) is 6.08 Å². The molecular formula is C25H33NO5. The smallest absolute Gasteiger partial charge is 0.307 e. The third kappa shape index (κ3) is 9.22. The molecule has 1 aromatic carbocycles. The number of hydrogen-bond donors (Lipinski definition) is 2. The van der Waals surface area contributed by atoms with E-state index in [0.29, 0.717) is 23.6 Å². The van der Waals surface area contributed by atoms with E-state index in [1.165, 1.54) is 30.9 Å². The zero-order valence-corrected chi connectivity index (χ0v) is 18.3. The van der Waals surface area contributed by atoms with E-state index in [1.54, 1.807) is 25.4 Å². The van der Waals surface area contributed by atoms with Crippen molar-refractivity contribution in [1.29, 1.82) is 0 Å². The van der Waals surface area contributed by atoms with Gasteiger partial charge in [-0.25, -0.2) is 0 Å². The quantitative estimate of drug-likeness (QED) is 0.388. The van der Waals surface area contributed by atoms with E-state index in [4.69, 9.17) is 14.6 Å². The van der Waals surface area contributed by atoms with Gasteiger partial charge in [0.25, 0.3) is 0 Å². The zero-order chi connectivity index (χ0) is 22.3. The van der Waals surface area contributed by atoms with Crippen molar-refractivity contribution in [3.05, 3.63) is 59.4 Å². The standard InChI is InChI=1S/C25H33NO5/c1-30-22-14-12-20(13-15-22)9-6-4-2-3-5-7-18-31-25-21(19-27)16-17-26-23(25)10-8-11-24(28)29/h8,10,12-17,27H,2-7,9,11,18-19H2,1H3,(H,28,29). The Balaban J connectivity index is 1.64. The molecule has 0 saturated heterocycles. The molecule has 0 saturated carbocycles. The largest absolute Gasteiger partial charge is 0.497 e. The molecule has 2 rings (SSSR count). The first-order chi connectivity index (χ1) is 15.1. The predicted molar refractivity (Wildman–Crippen MR) is 121 cm³/mol. The fraction of sp³-hybridized carbons (Fsp3) is 0.440. The lowest BCUT2D eigenvalue weighted by Gasteiger charge is -2.12. The van der Waals surface area contributed by atoms with Crippen molar-refractivity contribution < 1.29 is 24.5 Å². The molecule has 6 nitrogen and oxygen atoms in total. The Kier molecular flexibility index (Phi) is 11.2. The number of rotatable bonds is 15. The molecule has 0 unspecified atom stereocenters. The number of pyridine rings is 1. The number of aromatic nitrogens is 1. The minimum absolute atomic E-state index is 0.0804. The highest BCUT2D eigenvalue weighted by atomic mass is 16.5. The second-order valence-electron chi connectivity index (χ2n) is 7.41. The summed E-state index contributed by atoms with van der Waals surface area (Å²) in [5, 5.41) is 18.3. The SMILES string of the molecule is COc1ccc(CCCCCCCCOc2c(CO)ccnc2C=CCC(=O)O)cc1. The Morgan fingerprint density at radius 2 is 1.74 bits per heavy atom. The number of carboxylic acid groups (broad SMARTS) is 1. The van der Waals surface area contributed by atoms with E-state index in [1.807, 2.05) is 12.1 Å². The van der Waals surface area contributed by atoms with Crippen LogP contribution in [0.4, 0.5) is 0 Å². The van der Waals surface area contributed by atoms with Crippen LogP contribution in [0.5, 0.6) is 11.5 Å². The summed E-state index contributed by atoms with van der Waals surface area (Å²) in [4.78, 5) is 14.9. The maximum atomic E-state index is 10.7. The number of carboxylic acids is 1. The molecule has 31 heavy (non-hydrogen) atoms. The fourth-order valence-corrected chi connectivity index (χ4v) is 3.29. The number of ether oxygens (including phenoxy) is 2. The molecule has 0 spiro atoms. The number of carbonyl (C=O) groups is 1. The van der Waals surface area contributed by atoms with Gasteiger partial charge in [-0.05, 0) is 49.1 Å². The predicted octanol–water partition coefficient (Wildman–Crippen LogP) is 5.03. The highest BCUT2D eigenvalue weighted by Gasteiger charge is 2.09. The van der Waals surface area contributed by atoms with Crippen LogP contribution in [-0.4, -0.2) is 34.9 Å². The molecule has 0 atom stereocenters. The summed E-state index contributed by atoms with van der Waals surface area (Å²) in [5.41, 5.74) is 2.55. The van der Waals surface area contributed by atoms with Gasteiger partial charge >= 0.3 is 5.97 Å². The van der Waals surface area contributed by atoms with Crippen molar-refractivity contribution in [3.8, 4) is 11.5 Å². The molecular weight excluding hydrogens is 394 g/mol. The number of aliphatic hydroxyl groups is 1. The molecule has 6 heteroatoms. The van der Waals surface area contributed by atoms with Gasteiger partial charge in [0.1, 0.15) is 17.2 Å². The highest BCUT2D eigenvalue weighted by molar-refractivity contribution is 5.70. The number of methoxy groups -OCH3 is 1. The Morgan fingerprint density at radius 1 is 1.03 bits per heavy atom. The lowest BCUT2D eigenvalue weighted by Crippen LogP contribution is -2.03. The third-order valence-electron chi connectivity index (χ3n) is 5.02. The van der Waals surface area contributed by atoms with Crippen LogP contribution in [0.15, 0.2) is 42.6 Å². The topological polar surface area (TPSA) is 88.9 Å². The number of benzene rings is 1. The lowest BCUT2D eigenvalue weighted by atomic mass is 10.0. The fourth-order valence-electron chi connectivity index (χ4n) is 3.29. The molecule has 0 amide bonds. The van der Waals surface area contributed by atoms with E-state index < -0.39 is 5.97 Å². The normalized spacial score (nSPS) is 11.0. The van der Waals surface area contributed by atoms with Gasteiger partial charge < -0.3 is 19.7 Å². The van der Waals surface area contributed by atoms with Crippen LogP contribution in [0, 0.1) is 0 Å². The first kappa shape index (κ1) is 24.4. The van der Waals surface area contributed by atoms with Crippen molar-refractivity contribution >= 4 is 12.0 Å². The van der Waals surface area contributed by atoms with Gasteiger partial charge in [-0.3, -0.25) is 9.78 Å². The van der Waals surface area contributed by atoms with Crippen LogP contribution in [0.1, 0.15) is 61.8 Å². The average Bonchev–Trinajstić information content (AvgIpc) is 2.78. The maximum Gasteiger partial charge on any atom is 0.307 e. The summed E-state index contributed by atoms with van der Waals surface area (Å²) in [7, 11) is 1.68. The van der Waals surface area contributed by atoms with Crippen LogP contribution in [-0.2, 0) is 17.8 Å². The molecule has 1 aromatic heterocycles. The maximum absolute atomic E-state index is 10.7. The third-order valence-corrected chi connectivity index (χ3v) is 5.02. The van der Waals surface area contributed by atoms with Crippen molar-refractivity contribution in [2.24, 2.45) is 0 Å². The van der Waals surface area contributed by atoms with Crippen LogP contribution in [0.2, 0.25) is 0 Å². The first-order valence-corrected chi connectivity index (χ1v) is 10.9. The Morgan fingerprint density at radius 3 is 2.42 bits per heavy atom. The molecule has 0 radical (unpaired) electrons. The van der Waals surface area contributed by atoms with Crippen molar-refractivity contribution in [3.63, 3.8) is 0 Å². The minimum atomic E-state index is -0.902. The zero-order valence-electron chi connectivity index (χ0n) is 18.3. The summed E-state index contributed by atoms with van der Waals surface area (Å²) in [6, 6.07) is 9.98. The molecule has 168 valence electrons. The number of aliphatic carboxylic acids is 1. The second kappa shape index (κ2) is 14.2.